The molecule has 8 heteroatoms. The van der Waals surface area contributed by atoms with Crippen molar-refractivity contribution in [2.45, 2.75) is 17.1 Å². The van der Waals surface area contributed by atoms with Gasteiger partial charge >= 0.3 is 0 Å². The second kappa shape index (κ2) is 13.9. The van der Waals surface area contributed by atoms with E-state index in [1.54, 1.807) is 66.7 Å². The third-order valence-corrected chi connectivity index (χ3v) is 8.03. The molecule has 0 bridgehead atoms. The summed E-state index contributed by atoms with van der Waals surface area (Å²) >= 11 is 7.73. The second-order valence-corrected chi connectivity index (χ2v) is 11.5. The minimum absolute atomic E-state index is 0.0409. The Morgan fingerprint density at radius 2 is 1.42 bits per heavy atom. The summed E-state index contributed by atoms with van der Waals surface area (Å²) < 4.78 is 0. The lowest BCUT2D eigenvalue weighted by molar-refractivity contribution is -0.115. The summed E-state index contributed by atoms with van der Waals surface area (Å²) in [5.74, 6) is -1.04. The number of nitrogens with one attached hydrogen (secondary N) is 3. The van der Waals surface area contributed by atoms with Crippen molar-refractivity contribution in [2.24, 2.45) is 0 Å². The van der Waals surface area contributed by atoms with Crippen LogP contribution in [0, 0.1) is 0 Å². The van der Waals surface area contributed by atoms with Gasteiger partial charge in [0.25, 0.3) is 11.8 Å². The fraction of sp³-hybridized carbons (Fsp3) is 0.0571. The van der Waals surface area contributed by atoms with E-state index < -0.39 is 11.8 Å². The van der Waals surface area contributed by atoms with Crippen molar-refractivity contribution >= 4 is 69.3 Å². The van der Waals surface area contributed by atoms with Crippen molar-refractivity contribution in [1.82, 2.24) is 5.32 Å². The van der Waals surface area contributed by atoms with Crippen molar-refractivity contribution < 1.29 is 14.4 Å². The molecule has 0 aromatic heterocycles. The Morgan fingerprint density at radius 3 is 2.19 bits per heavy atom. The van der Waals surface area contributed by atoms with Crippen molar-refractivity contribution in [3.8, 4) is 0 Å². The highest BCUT2D eigenvalue weighted by Gasteiger charge is 2.18. The predicted octanol–water partition coefficient (Wildman–Crippen LogP) is 8.02. The van der Waals surface area contributed by atoms with E-state index in [4.69, 9.17) is 11.6 Å². The molecule has 5 aromatic carbocycles. The molecule has 0 aliphatic rings. The lowest BCUT2D eigenvalue weighted by Crippen LogP contribution is -2.30. The smallest absolute Gasteiger partial charge is 0.272 e. The number of anilines is 2. The van der Waals surface area contributed by atoms with Gasteiger partial charge in [-0.2, -0.15) is 0 Å². The molecule has 5 rings (SSSR count). The van der Waals surface area contributed by atoms with Gasteiger partial charge in [-0.3, -0.25) is 14.4 Å². The summed E-state index contributed by atoms with van der Waals surface area (Å²) in [5.41, 5.74) is 2.35. The molecule has 3 N–H and O–H groups in total. The number of thioether (sulfide) groups is 1. The van der Waals surface area contributed by atoms with Gasteiger partial charge < -0.3 is 16.0 Å². The van der Waals surface area contributed by atoms with Crippen molar-refractivity contribution in [3.63, 3.8) is 0 Å². The second-order valence-electron chi connectivity index (χ2n) is 9.65. The lowest BCUT2D eigenvalue weighted by atomic mass is 10.1. The first kappa shape index (κ1) is 29.6. The van der Waals surface area contributed by atoms with Crippen LogP contribution >= 0.6 is 23.4 Å². The minimum atomic E-state index is -0.507. The van der Waals surface area contributed by atoms with Crippen LogP contribution < -0.4 is 16.0 Å². The van der Waals surface area contributed by atoms with E-state index in [9.17, 15) is 14.4 Å². The van der Waals surface area contributed by atoms with Crippen LogP contribution in [0.5, 0.6) is 0 Å². The number of carbonyl (C=O) groups is 3. The fourth-order valence-electron chi connectivity index (χ4n) is 4.33. The topological polar surface area (TPSA) is 87.3 Å². The van der Waals surface area contributed by atoms with Crippen LogP contribution in [0.25, 0.3) is 16.8 Å². The van der Waals surface area contributed by atoms with E-state index in [0.29, 0.717) is 21.8 Å². The average molecular weight is 606 g/mol. The summed E-state index contributed by atoms with van der Waals surface area (Å²) in [7, 11) is 0. The molecule has 5 aromatic rings. The van der Waals surface area contributed by atoms with Crippen molar-refractivity contribution in [2.75, 3.05) is 10.6 Å². The first-order chi connectivity index (χ1) is 20.9. The summed E-state index contributed by atoms with van der Waals surface area (Å²) in [6, 6.07) is 36.6. The van der Waals surface area contributed by atoms with Crippen molar-refractivity contribution in [1.29, 1.82) is 0 Å². The molecular formula is C35H28ClN3O3S. The van der Waals surface area contributed by atoms with Gasteiger partial charge in [0.1, 0.15) is 5.70 Å². The Balaban J connectivity index is 1.25. The quantitative estimate of drug-likeness (QED) is 0.117. The van der Waals surface area contributed by atoms with E-state index >= 15 is 0 Å². The van der Waals surface area contributed by atoms with Gasteiger partial charge in [0, 0.05) is 32.2 Å². The van der Waals surface area contributed by atoms with Crippen LogP contribution in [-0.4, -0.2) is 23.0 Å². The molecule has 214 valence electrons. The van der Waals surface area contributed by atoms with Crippen LogP contribution in [0.3, 0.4) is 0 Å². The van der Waals surface area contributed by atoms with Crippen LogP contribution in [0.2, 0.25) is 5.02 Å². The highest BCUT2D eigenvalue weighted by Crippen LogP contribution is 2.28. The molecule has 0 aliphatic carbocycles. The van der Waals surface area contributed by atoms with Gasteiger partial charge in [-0.15, -0.1) is 11.8 Å². The van der Waals surface area contributed by atoms with Gasteiger partial charge in [-0.1, -0.05) is 84.4 Å². The maximum absolute atomic E-state index is 13.3. The van der Waals surface area contributed by atoms with E-state index in [1.807, 2.05) is 67.6 Å². The average Bonchev–Trinajstić information content (AvgIpc) is 3.03. The molecule has 6 nitrogen and oxygen atoms in total. The van der Waals surface area contributed by atoms with Crippen LogP contribution in [0.4, 0.5) is 11.4 Å². The molecule has 0 fully saturated rings. The van der Waals surface area contributed by atoms with E-state index in [0.717, 1.165) is 21.4 Å². The standard InChI is InChI=1S/C35H28ClN3O3S/c1-23(33(40)38-31-17-9-14-24-10-5-7-15-29(24)31)43-28-20-18-27(19-21-28)37-35(42)32(22-26-13-6-8-16-30(26)36)39-34(41)25-11-3-2-4-12-25/h2-23H,1H3,(H,37,42)(H,38,40)(H,39,41)/b32-22-. The number of amides is 3. The Labute approximate surface area is 259 Å². The number of fused-ring (bicyclic) bond motifs is 1. The molecule has 0 saturated carbocycles. The molecular weight excluding hydrogens is 578 g/mol. The van der Waals surface area contributed by atoms with Gasteiger partial charge in [-0.05, 0) is 72.5 Å². The summed E-state index contributed by atoms with van der Waals surface area (Å²) in [6.45, 7) is 1.85. The third kappa shape index (κ3) is 7.71. The van der Waals surface area contributed by atoms with E-state index in [-0.39, 0.29) is 16.9 Å². The molecule has 0 saturated heterocycles. The Hall–Kier alpha value is -4.85. The monoisotopic (exact) mass is 605 g/mol. The zero-order chi connectivity index (χ0) is 30.2. The first-order valence-corrected chi connectivity index (χ1v) is 14.8. The van der Waals surface area contributed by atoms with Crippen LogP contribution in [-0.2, 0) is 9.59 Å². The summed E-state index contributed by atoms with van der Waals surface area (Å²) in [4.78, 5) is 40.0. The zero-order valence-corrected chi connectivity index (χ0v) is 24.8. The molecule has 0 spiro atoms. The highest BCUT2D eigenvalue weighted by atomic mass is 35.5. The number of hydrogen-bond acceptors (Lipinski definition) is 4. The lowest BCUT2D eigenvalue weighted by Gasteiger charge is -2.14. The first-order valence-electron chi connectivity index (χ1n) is 13.6. The molecule has 43 heavy (non-hydrogen) atoms. The number of benzene rings is 5. The zero-order valence-electron chi connectivity index (χ0n) is 23.2. The van der Waals surface area contributed by atoms with Gasteiger partial charge in [0.05, 0.1) is 5.25 Å². The Morgan fingerprint density at radius 1 is 0.744 bits per heavy atom. The normalized spacial score (nSPS) is 11.9. The predicted molar refractivity (Wildman–Crippen MR) is 176 cm³/mol. The molecule has 3 amide bonds. The van der Waals surface area contributed by atoms with Crippen LogP contribution in [0.15, 0.2) is 132 Å². The molecule has 0 heterocycles. The number of halogens is 1. The number of carbonyl (C=O) groups excluding carboxylic acids is 3. The molecule has 0 radical (unpaired) electrons. The maximum Gasteiger partial charge on any atom is 0.272 e. The van der Waals surface area contributed by atoms with Gasteiger partial charge in [0.2, 0.25) is 5.91 Å². The number of rotatable bonds is 9. The van der Waals surface area contributed by atoms with Gasteiger partial charge in [0.15, 0.2) is 0 Å². The van der Waals surface area contributed by atoms with E-state index in [1.165, 1.54) is 11.8 Å². The van der Waals surface area contributed by atoms with E-state index in [2.05, 4.69) is 16.0 Å². The summed E-state index contributed by atoms with van der Waals surface area (Å²) in [6.07, 6.45) is 1.54. The Kier molecular flexibility index (Phi) is 9.56. The number of hydrogen-bond donors (Lipinski definition) is 3. The van der Waals surface area contributed by atoms with Gasteiger partial charge in [-0.25, -0.2) is 0 Å². The Bertz CT molecular complexity index is 1800. The molecule has 0 aliphatic heterocycles. The van der Waals surface area contributed by atoms with Crippen LogP contribution in [0.1, 0.15) is 22.8 Å². The SMILES string of the molecule is CC(Sc1ccc(NC(=O)/C(=C/c2ccccc2Cl)NC(=O)c2ccccc2)cc1)C(=O)Nc1cccc2ccccc12. The molecule has 1 atom stereocenters. The highest BCUT2D eigenvalue weighted by molar-refractivity contribution is 8.00. The minimum Gasteiger partial charge on any atom is -0.325 e. The third-order valence-electron chi connectivity index (χ3n) is 6.58. The summed E-state index contributed by atoms with van der Waals surface area (Å²) in [5, 5.41) is 10.7. The van der Waals surface area contributed by atoms with Crippen molar-refractivity contribution in [3.05, 3.63) is 143 Å². The maximum atomic E-state index is 13.3. The fourth-order valence-corrected chi connectivity index (χ4v) is 5.39. The largest absolute Gasteiger partial charge is 0.325 e. The molecule has 1 unspecified atom stereocenters.